The number of ether oxygens (including phenoxy) is 4. The Bertz CT molecular complexity index is 2350. The summed E-state index contributed by atoms with van der Waals surface area (Å²) in [6.07, 6.45) is -1.82. The number of hydrogen-bond acceptors (Lipinski definition) is 13. The van der Waals surface area contributed by atoms with Crippen LogP contribution >= 0.6 is 17.1 Å². The van der Waals surface area contributed by atoms with Crippen LogP contribution in [0.1, 0.15) is 68.2 Å². The monoisotopic (exact) mass is 892 g/mol. The summed E-state index contributed by atoms with van der Waals surface area (Å²) in [5.74, 6) is 1.32. The zero-order chi connectivity index (χ0) is 43.0. The van der Waals surface area contributed by atoms with Gasteiger partial charge in [0, 0.05) is 11.7 Å². The molecule has 0 spiro atoms. The van der Waals surface area contributed by atoms with Crippen molar-refractivity contribution in [2.75, 3.05) is 33.2 Å². The van der Waals surface area contributed by atoms with Crippen LogP contribution in [0.5, 0.6) is 11.5 Å². The molecule has 0 radical (unpaired) electrons. The lowest BCUT2D eigenvalue weighted by molar-refractivity contribution is -0.0918. The number of methoxy groups -OCH3 is 2. The van der Waals surface area contributed by atoms with Crippen LogP contribution in [0.2, 0.25) is 18.1 Å². The molecule has 0 amide bonds. The second kappa shape index (κ2) is 17.6. The first-order valence-electron chi connectivity index (χ1n) is 19.9. The molecule has 17 heteroatoms. The van der Waals surface area contributed by atoms with E-state index >= 15 is 0 Å². The van der Waals surface area contributed by atoms with E-state index in [2.05, 4.69) is 48.8 Å². The first-order valence-corrected chi connectivity index (χ1v) is 27.0. The predicted molar refractivity (Wildman–Crippen MR) is 239 cm³/mol. The normalized spacial score (nSPS) is 22.4. The van der Waals surface area contributed by atoms with E-state index in [1.54, 1.807) is 32.6 Å². The average Bonchev–Trinajstić information content (AvgIpc) is 3.95. The third kappa shape index (κ3) is 8.68. The Balaban J connectivity index is 1.40. The van der Waals surface area contributed by atoms with Crippen molar-refractivity contribution in [3.8, 4) is 11.5 Å². The van der Waals surface area contributed by atoms with E-state index in [-0.39, 0.29) is 34.4 Å². The van der Waals surface area contributed by atoms with Crippen LogP contribution in [-0.2, 0) is 40.4 Å². The molecule has 320 valence electrons. The van der Waals surface area contributed by atoms with Crippen molar-refractivity contribution in [1.29, 1.82) is 0 Å². The number of nitrogens with one attached hydrogen (secondary N) is 1. The summed E-state index contributed by atoms with van der Waals surface area (Å²) >= 11 is 7.61. The molecular formula is C43H53N4O9PS2Si. The molecule has 5 aromatic rings. The van der Waals surface area contributed by atoms with Gasteiger partial charge in [0.1, 0.15) is 35.4 Å². The van der Waals surface area contributed by atoms with Gasteiger partial charge in [-0.3, -0.25) is 14.2 Å². The van der Waals surface area contributed by atoms with Crippen LogP contribution in [0.3, 0.4) is 0 Å². The summed E-state index contributed by atoms with van der Waals surface area (Å²) in [6.45, 7) is 14.8. The highest BCUT2D eigenvalue weighted by Gasteiger charge is 2.55. The molecule has 0 bridgehead atoms. The van der Waals surface area contributed by atoms with Crippen molar-refractivity contribution in [2.45, 2.75) is 82.9 Å². The number of benzene rings is 3. The van der Waals surface area contributed by atoms with Crippen molar-refractivity contribution in [3.05, 3.63) is 118 Å². The number of Topliss-reactive ketones (excluding diaryl/α,β-unsaturated/α-hetero) is 1. The molecule has 2 fully saturated rings. The lowest BCUT2D eigenvalue weighted by atomic mass is 9.80. The van der Waals surface area contributed by atoms with Gasteiger partial charge in [-0.25, -0.2) is 9.97 Å². The Morgan fingerprint density at radius 3 is 2.10 bits per heavy atom. The summed E-state index contributed by atoms with van der Waals surface area (Å²) in [5, 5.41) is -0.218. The number of rotatable bonds is 15. The highest BCUT2D eigenvalue weighted by molar-refractivity contribution is 8.68. The van der Waals surface area contributed by atoms with Crippen LogP contribution in [0.4, 0.5) is 0 Å². The number of hydrogen-bond donors (Lipinski definition) is 1. The van der Waals surface area contributed by atoms with Gasteiger partial charge in [0.2, 0.25) is 11.5 Å². The quantitative estimate of drug-likeness (QED) is 0.0464. The molecule has 4 heterocycles. The number of ketones is 1. The fraction of sp³-hybridized carbons (Fsp3) is 0.442. The highest BCUT2D eigenvalue weighted by Crippen LogP contribution is 2.66. The maximum absolute atomic E-state index is 13.4. The molecule has 60 heavy (non-hydrogen) atoms. The second-order valence-electron chi connectivity index (χ2n) is 16.7. The van der Waals surface area contributed by atoms with Gasteiger partial charge in [-0.15, -0.1) is 0 Å². The van der Waals surface area contributed by atoms with Crippen LogP contribution in [0.25, 0.3) is 11.2 Å². The van der Waals surface area contributed by atoms with Gasteiger partial charge in [0.05, 0.1) is 33.8 Å². The number of fused-ring (bicyclic) bond motifs is 1. The summed E-state index contributed by atoms with van der Waals surface area (Å²) in [7, 11) is 0.664. The molecule has 5 atom stereocenters. The van der Waals surface area contributed by atoms with Crippen molar-refractivity contribution in [1.82, 2.24) is 19.5 Å². The lowest BCUT2D eigenvalue weighted by Crippen LogP contribution is -2.49. The maximum atomic E-state index is 13.4. The molecular weight excluding hydrogens is 840 g/mol. The standard InChI is InChI=1S/C43H53N4O9PS2Si/c1-27(2)35(48)38-45-39-34(40(49)46-38)44-26-47(39)41-37(56-60(8,9)42(3,4)5)36(55-57(58)53-23-24-59-57)33(54-41)25-52-43(28-13-11-10-12-14-28,29-15-19-31(50-6)20-16-29)30-17-21-32(51-7)22-18-30/h10-22,26-27,33,36-37,41H,23-25H2,1-9H3,(H,45,46,49)/t33-,36-,37-,41-,57-/m1/s1. The lowest BCUT2D eigenvalue weighted by Gasteiger charge is -2.41. The van der Waals surface area contributed by atoms with Gasteiger partial charge in [-0.1, -0.05) is 101 Å². The Hall–Kier alpha value is -3.70. The number of aromatic nitrogens is 4. The van der Waals surface area contributed by atoms with Crippen LogP contribution < -0.4 is 15.0 Å². The second-order valence-corrected chi connectivity index (χ2v) is 27.8. The van der Waals surface area contributed by atoms with Crippen molar-refractivity contribution in [2.24, 2.45) is 5.92 Å². The minimum absolute atomic E-state index is 0.0107. The Morgan fingerprint density at radius 1 is 0.967 bits per heavy atom. The number of carbonyl (C=O) groups excluding carboxylic acids is 1. The number of nitrogens with zero attached hydrogens (tertiary/aromatic N) is 3. The van der Waals surface area contributed by atoms with Gasteiger partial charge >= 0.3 is 0 Å². The van der Waals surface area contributed by atoms with Crippen molar-refractivity contribution in [3.63, 3.8) is 0 Å². The fourth-order valence-corrected chi connectivity index (χ4v) is 13.0. The molecule has 3 aromatic carbocycles. The van der Waals surface area contributed by atoms with Crippen LogP contribution in [-0.4, -0.2) is 85.1 Å². The minimum atomic E-state index is -2.87. The largest absolute Gasteiger partial charge is 0.497 e. The fourth-order valence-electron chi connectivity index (χ4n) is 7.17. The van der Waals surface area contributed by atoms with E-state index < -0.39 is 55.6 Å². The smallest absolute Gasteiger partial charge is 0.279 e. The van der Waals surface area contributed by atoms with E-state index in [9.17, 15) is 9.59 Å². The molecule has 2 saturated heterocycles. The topological polar surface area (TPSA) is 145 Å². The molecule has 2 aliphatic rings. The van der Waals surface area contributed by atoms with Crippen molar-refractivity contribution < 1.29 is 37.2 Å². The summed E-state index contributed by atoms with van der Waals surface area (Å²) in [4.78, 5) is 38.4. The van der Waals surface area contributed by atoms with E-state index in [0.717, 1.165) is 16.7 Å². The molecule has 2 aliphatic heterocycles. The van der Waals surface area contributed by atoms with Crippen LogP contribution in [0.15, 0.2) is 90.0 Å². The van der Waals surface area contributed by atoms with Gasteiger partial charge in [0.15, 0.2) is 31.5 Å². The minimum Gasteiger partial charge on any atom is -0.497 e. The summed E-state index contributed by atoms with van der Waals surface area (Å²) < 4.78 is 47.8. The van der Waals surface area contributed by atoms with Gasteiger partial charge < -0.3 is 37.4 Å². The van der Waals surface area contributed by atoms with Crippen molar-refractivity contribution >= 4 is 54.1 Å². The zero-order valence-electron chi connectivity index (χ0n) is 35.4. The Labute approximate surface area is 360 Å². The maximum Gasteiger partial charge on any atom is 0.279 e. The third-order valence-electron chi connectivity index (χ3n) is 11.5. The van der Waals surface area contributed by atoms with E-state index in [1.807, 2.05) is 78.9 Å². The van der Waals surface area contributed by atoms with E-state index in [1.165, 1.54) is 17.7 Å². The molecule has 0 unspecified atom stereocenters. The number of H-pyrrole nitrogens is 1. The number of aromatic amines is 1. The summed E-state index contributed by atoms with van der Waals surface area (Å²) in [5.41, 5.74) is -1.78. The number of carbonyl (C=O) groups is 1. The molecule has 7 rings (SSSR count). The SMILES string of the molecule is COc1ccc(C(OC[C@H]2O[C@@H](n3cnc4c(=O)[nH]c(C(=O)C(C)C)nc43)[C@H](O[Si](C)(C)C(C)(C)C)[C@@H]2O[P@@]2(=S)OCCS2)(c2ccccc2)c2ccc(OC)cc2)cc1. The van der Waals surface area contributed by atoms with Gasteiger partial charge in [-0.05, 0) is 70.9 Å². The predicted octanol–water partition coefficient (Wildman–Crippen LogP) is 8.65. The first-order chi connectivity index (χ1) is 28.5. The zero-order valence-corrected chi connectivity index (χ0v) is 38.9. The molecule has 1 N–H and O–H groups in total. The average molecular weight is 893 g/mol. The van der Waals surface area contributed by atoms with Crippen LogP contribution in [0, 0.1) is 5.92 Å². The van der Waals surface area contributed by atoms with E-state index in [0.29, 0.717) is 23.9 Å². The highest BCUT2D eigenvalue weighted by atomic mass is 32.9. The molecule has 0 aliphatic carbocycles. The molecule has 0 saturated carbocycles. The Kier molecular flexibility index (Phi) is 13.0. The third-order valence-corrected chi connectivity index (χ3v) is 21.2. The van der Waals surface area contributed by atoms with Gasteiger partial charge in [0.25, 0.3) is 5.56 Å². The molecule has 2 aromatic heterocycles. The first kappa shape index (κ1) is 44.4. The number of imidazole rings is 1. The van der Waals surface area contributed by atoms with E-state index in [4.69, 9.17) is 44.2 Å². The molecule has 13 nitrogen and oxygen atoms in total. The Morgan fingerprint density at radius 2 is 1.57 bits per heavy atom. The summed E-state index contributed by atoms with van der Waals surface area (Å²) in [6, 6.07) is 25.6. The van der Waals surface area contributed by atoms with Gasteiger partial charge in [-0.2, -0.15) is 0 Å².